The molecular weight excluding hydrogens is 743 g/mol. The van der Waals surface area contributed by atoms with E-state index in [9.17, 15) is 19.8 Å². The van der Waals surface area contributed by atoms with Crippen LogP contribution in [0, 0.1) is 0 Å². The summed E-state index contributed by atoms with van der Waals surface area (Å²) >= 11 is 0. The average Bonchev–Trinajstić information content (AvgIpc) is 3.24. The summed E-state index contributed by atoms with van der Waals surface area (Å²) in [5.74, 6) is -0.550. The molecule has 0 saturated heterocycles. The molecule has 0 aliphatic rings. The Morgan fingerprint density at radius 3 is 1.48 bits per heavy atom. The van der Waals surface area contributed by atoms with Crippen LogP contribution in [0.4, 0.5) is 0 Å². The van der Waals surface area contributed by atoms with E-state index in [0.717, 1.165) is 89.9 Å². The van der Waals surface area contributed by atoms with Crippen LogP contribution in [0.3, 0.4) is 0 Å². The molecule has 0 rings (SSSR count). The second kappa shape index (κ2) is 47.1. The first-order valence-corrected chi connectivity index (χ1v) is 24.9. The zero-order valence-electron chi connectivity index (χ0n) is 39.1. The van der Waals surface area contributed by atoms with E-state index in [1.54, 1.807) is 0 Å². The zero-order chi connectivity index (χ0) is 43.8. The summed E-state index contributed by atoms with van der Waals surface area (Å²) in [4.78, 5) is 26.0. The molecule has 344 valence electrons. The molecule has 60 heavy (non-hydrogen) atoms. The monoisotopic (exact) mass is 836 g/mol. The molecule has 3 N–H and O–H groups in total. The van der Waals surface area contributed by atoms with E-state index < -0.39 is 18.2 Å². The number of esters is 1. The molecule has 0 aliphatic heterocycles. The highest BCUT2D eigenvalue weighted by Gasteiger charge is 2.24. The Hall–Kier alpha value is -2.96. The summed E-state index contributed by atoms with van der Waals surface area (Å²) in [6, 6.07) is -0.719. The first kappa shape index (κ1) is 57.0. The number of aliphatic hydroxyl groups excluding tert-OH is 2. The quantitative estimate of drug-likeness (QED) is 0.0246. The highest BCUT2D eigenvalue weighted by Crippen LogP contribution is 2.17. The fraction of sp³-hybridized carbons (Fsp3) is 0.704. The lowest BCUT2D eigenvalue weighted by Gasteiger charge is -2.24. The van der Waals surface area contributed by atoms with E-state index in [-0.39, 0.29) is 24.9 Å². The second-order valence-corrected chi connectivity index (χ2v) is 16.6. The SMILES string of the molecule is CC\C=C/C=C/C=C/C=C\C=C\C=C\CCCCCC(=O)OC(CCCCC/C=C\CCC)CC(=O)NC(CO)C(O)CCCCCCCCCCCCCCCCCC. The standard InChI is InChI=1S/C54H93NO5/c1-4-7-10-13-16-19-21-23-25-27-29-31-33-35-38-41-44-47-54(59)60-50(45-42-39-36-18-15-12-9-6-3)48-53(58)55-51(49-56)52(57)46-43-40-37-34-32-30-28-26-24-22-20-17-14-11-8-5-2/h7,10,12-13,15-16,19,21,23,25,27,29,31,33,50-52,56-57H,4-6,8-9,11,14,17-18,20,22,24,26,28,30,32,34-49H2,1-3H3,(H,55,58)/b10-7-,15-12-,16-13+,21-19+,25-23-,29-27+,33-31+. The molecule has 0 aromatic heterocycles. The summed E-state index contributed by atoms with van der Waals surface area (Å²) in [6.45, 7) is 6.25. The summed E-state index contributed by atoms with van der Waals surface area (Å²) in [5, 5.41) is 23.7. The van der Waals surface area contributed by atoms with Crippen molar-refractivity contribution < 1.29 is 24.5 Å². The van der Waals surface area contributed by atoms with Crippen molar-refractivity contribution in [2.24, 2.45) is 0 Å². The first-order valence-electron chi connectivity index (χ1n) is 24.9. The van der Waals surface area contributed by atoms with Crippen LogP contribution in [0.5, 0.6) is 0 Å². The molecule has 3 atom stereocenters. The van der Waals surface area contributed by atoms with Crippen LogP contribution in [0.25, 0.3) is 0 Å². The molecule has 6 nitrogen and oxygen atoms in total. The third kappa shape index (κ3) is 41.8. The maximum atomic E-state index is 13.1. The Morgan fingerprint density at radius 1 is 0.500 bits per heavy atom. The maximum Gasteiger partial charge on any atom is 0.306 e. The number of amides is 1. The molecule has 6 heteroatoms. The van der Waals surface area contributed by atoms with E-state index in [1.165, 1.54) is 83.5 Å². The fourth-order valence-corrected chi connectivity index (χ4v) is 7.11. The summed E-state index contributed by atoms with van der Waals surface area (Å²) in [7, 11) is 0. The van der Waals surface area contributed by atoms with E-state index in [1.807, 2.05) is 54.7 Å². The van der Waals surface area contributed by atoms with Gasteiger partial charge in [0.1, 0.15) is 6.10 Å². The number of hydrogen-bond donors (Lipinski definition) is 3. The van der Waals surface area contributed by atoms with Gasteiger partial charge in [-0.3, -0.25) is 9.59 Å². The Morgan fingerprint density at radius 2 is 0.950 bits per heavy atom. The minimum atomic E-state index is -0.803. The predicted molar refractivity (Wildman–Crippen MR) is 259 cm³/mol. The number of carbonyl (C=O) groups is 2. The van der Waals surface area contributed by atoms with Crippen molar-refractivity contribution in [3.63, 3.8) is 0 Å². The van der Waals surface area contributed by atoms with Gasteiger partial charge in [-0.05, 0) is 64.2 Å². The van der Waals surface area contributed by atoms with Crippen molar-refractivity contribution in [1.82, 2.24) is 5.32 Å². The molecule has 0 radical (unpaired) electrons. The van der Waals surface area contributed by atoms with Crippen molar-refractivity contribution in [3.05, 3.63) is 85.1 Å². The molecular formula is C54H93NO5. The molecule has 0 aliphatic carbocycles. The number of hydrogen-bond acceptors (Lipinski definition) is 5. The molecule has 0 fully saturated rings. The topological polar surface area (TPSA) is 95.9 Å². The van der Waals surface area contributed by atoms with Crippen molar-refractivity contribution in [2.75, 3.05) is 6.61 Å². The first-order chi connectivity index (χ1) is 29.5. The summed E-state index contributed by atoms with van der Waals surface area (Å²) in [6.07, 6.45) is 60.8. The molecule has 0 aromatic carbocycles. The minimum absolute atomic E-state index is 0.0435. The van der Waals surface area contributed by atoms with Gasteiger partial charge in [0.05, 0.1) is 25.2 Å². The largest absolute Gasteiger partial charge is 0.462 e. The zero-order valence-corrected chi connectivity index (χ0v) is 39.1. The lowest BCUT2D eigenvalue weighted by molar-refractivity contribution is -0.151. The van der Waals surface area contributed by atoms with Gasteiger partial charge in [0.25, 0.3) is 0 Å². The highest BCUT2D eigenvalue weighted by atomic mass is 16.5. The van der Waals surface area contributed by atoms with Crippen LogP contribution in [0.1, 0.15) is 220 Å². The normalized spacial score (nSPS) is 14.0. The third-order valence-electron chi connectivity index (χ3n) is 10.9. The van der Waals surface area contributed by atoms with Gasteiger partial charge >= 0.3 is 5.97 Å². The number of allylic oxidation sites excluding steroid dienone is 14. The Balaban J connectivity index is 4.52. The molecule has 0 aromatic rings. The minimum Gasteiger partial charge on any atom is -0.462 e. The molecule has 0 heterocycles. The molecule has 1 amide bonds. The van der Waals surface area contributed by atoms with Crippen molar-refractivity contribution in [3.8, 4) is 0 Å². The predicted octanol–water partition coefficient (Wildman–Crippen LogP) is 14.8. The average molecular weight is 836 g/mol. The number of rotatable bonds is 43. The number of nitrogens with one attached hydrogen (secondary N) is 1. The third-order valence-corrected chi connectivity index (χ3v) is 10.9. The second-order valence-electron chi connectivity index (χ2n) is 16.6. The van der Waals surface area contributed by atoms with Gasteiger partial charge in [0.15, 0.2) is 0 Å². The Bertz CT molecular complexity index is 1160. The highest BCUT2D eigenvalue weighted by molar-refractivity contribution is 5.77. The molecule has 0 bridgehead atoms. The summed E-state index contributed by atoms with van der Waals surface area (Å²) in [5.41, 5.74) is 0. The van der Waals surface area contributed by atoms with Crippen molar-refractivity contribution in [2.45, 2.75) is 238 Å². The van der Waals surface area contributed by atoms with E-state index in [4.69, 9.17) is 4.74 Å². The van der Waals surface area contributed by atoms with Crippen molar-refractivity contribution in [1.29, 1.82) is 0 Å². The van der Waals surface area contributed by atoms with Crippen LogP contribution in [0.2, 0.25) is 0 Å². The van der Waals surface area contributed by atoms with E-state index >= 15 is 0 Å². The Kier molecular flexibility index (Phi) is 44.8. The lowest BCUT2D eigenvalue weighted by atomic mass is 10.0. The Labute approximate surface area is 370 Å². The van der Waals surface area contributed by atoms with Crippen LogP contribution >= 0.6 is 0 Å². The number of unbranched alkanes of at least 4 members (excludes halogenated alkanes) is 22. The van der Waals surface area contributed by atoms with Gasteiger partial charge in [0.2, 0.25) is 5.91 Å². The van der Waals surface area contributed by atoms with E-state index in [2.05, 4.69) is 56.5 Å². The number of carbonyl (C=O) groups excluding carboxylic acids is 2. The fourth-order valence-electron chi connectivity index (χ4n) is 7.11. The van der Waals surface area contributed by atoms with Gasteiger partial charge in [-0.2, -0.15) is 0 Å². The van der Waals surface area contributed by atoms with Gasteiger partial charge in [-0.1, -0.05) is 228 Å². The van der Waals surface area contributed by atoms with Gasteiger partial charge < -0.3 is 20.3 Å². The lowest BCUT2D eigenvalue weighted by Crippen LogP contribution is -2.46. The molecule has 0 saturated carbocycles. The molecule has 0 spiro atoms. The number of aliphatic hydroxyl groups is 2. The van der Waals surface area contributed by atoms with Gasteiger partial charge in [0, 0.05) is 6.42 Å². The van der Waals surface area contributed by atoms with Gasteiger partial charge in [-0.25, -0.2) is 0 Å². The number of ether oxygens (including phenoxy) is 1. The summed E-state index contributed by atoms with van der Waals surface area (Å²) < 4.78 is 5.87. The van der Waals surface area contributed by atoms with Gasteiger partial charge in [-0.15, -0.1) is 0 Å². The maximum absolute atomic E-state index is 13.1. The van der Waals surface area contributed by atoms with Crippen LogP contribution < -0.4 is 5.32 Å². The smallest absolute Gasteiger partial charge is 0.306 e. The van der Waals surface area contributed by atoms with Crippen molar-refractivity contribution >= 4 is 11.9 Å². The van der Waals surface area contributed by atoms with Crippen LogP contribution in [-0.2, 0) is 14.3 Å². The van der Waals surface area contributed by atoms with Crippen LogP contribution in [0.15, 0.2) is 85.1 Å². The van der Waals surface area contributed by atoms with Crippen LogP contribution in [-0.4, -0.2) is 46.9 Å². The molecule has 3 unspecified atom stereocenters. The van der Waals surface area contributed by atoms with E-state index in [0.29, 0.717) is 19.3 Å².